The molecule has 2 aromatic carbocycles. The molecule has 0 bridgehead atoms. The van der Waals surface area contributed by atoms with Gasteiger partial charge >= 0.3 is 6.03 Å². The van der Waals surface area contributed by atoms with Crippen molar-refractivity contribution in [3.05, 3.63) is 53.6 Å². The highest BCUT2D eigenvalue weighted by atomic mass is 16.7. The highest BCUT2D eigenvalue weighted by Crippen LogP contribution is 2.37. The number of hydrogen-bond donors (Lipinski definition) is 2. The van der Waals surface area contributed by atoms with Gasteiger partial charge in [0.15, 0.2) is 11.5 Å². The number of nitrogens with zero attached hydrogens (tertiary/aromatic N) is 2. The third-order valence-corrected chi connectivity index (χ3v) is 4.85. The molecule has 0 aliphatic carbocycles. The molecule has 2 aliphatic rings. The monoisotopic (exact) mass is 392 g/mol. The van der Waals surface area contributed by atoms with Crippen LogP contribution in [0.4, 0.5) is 10.5 Å². The SMILES string of the molecule is C[C@]1(c2ccc3c(c2)OCO3)NC(=O)N(CC(=O)Nc2ccccc2C#N)C1=O. The van der Waals surface area contributed by atoms with E-state index < -0.39 is 29.9 Å². The zero-order valence-corrected chi connectivity index (χ0v) is 15.4. The Morgan fingerprint density at radius 1 is 1.24 bits per heavy atom. The summed E-state index contributed by atoms with van der Waals surface area (Å²) in [5.74, 6) is -0.118. The first-order valence-corrected chi connectivity index (χ1v) is 8.75. The summed E-state index contributed by atoms with van der Waals surface area (Å²) in [5, 5.41) is 14.3. The van der Waals surface area contributed by atoms with Gasteiger partial charge in [0.2, 0.25) is 12.7 Å². The maximum atomic E-state index is 13.0. The van der Waals surface area contributed by atoms with Crippen LogP contribution >= 0.6 is 0 Å². The van der Waals surface area contributed by atoms with E-state index in [-0.39, 0.29) is 12.4 Å². The minimum atomic E-state index is -1.34. The quantitative estimate of drug-likeness (QED) is 0.764. The molecule has 4 rings (SSSR count). The summed E-state index contributed by atoms with van der Waals surface area (Å²) in [6.45, 7) is 1.17. The van der Waals surface area contributed by atoms with Crippen molar-refractivity contribution in [3.63, 3.8) is 0 Å². The van der Waals surface area contributed by atoms with E-state index in [2.05, 4.69) is 10.6 Å². The van der Waals surface area contributed by atoms with Crippen molar-refractivity contribution < 1.29 is 23.9 Å². The number of benzene rings is 2. The van der Waals surface area contributed by atoms with Crippen LogP contribution in [0.15, 0.2) is 42.5 Å². The molecular formula is C20H16N4O5. The van der Waals surface area contributed by atoms with Gasteiger partial charge in [0.1, 0.15) is 18.2 Å². The number of ether oxygens (including phenoxy) is 2. The Labute approximate surface area is 165 Å². The molecule has 9 nitrogen and oxygen atoms in total. The fourth-order valence-electron chi connectivity index (χ4n) is 3.27. The predicted molar refractivity (Wildman–Crippen MR) is 99.9 cm³/mol. The zero-order valence-electron chi connectivity index (χ0n) is 15.4. The first-order chi connectivity index (χ1) is 13.9. The second-order valence-corrected chi connectivity index (χ2v) is 6.72. The Balaban J connectivity index is 1.52. The molecule has 0 spiro atoms. The van der Waals surface area contributed by atoms with Crippen molar-refractivity contribution in [2.24, 2.45) is 0 Å². The number of nitriles is 1. The van der Waals surface area contributed by atoms with Crippen molar-refractivity contribution in [2.75, 3.05) is 18.7 Å². The van der Waals surface area contributed by atoms with Crippen molar-refractivity contribution in [1.29, 1.82) is 5.26 Å². The minimum absolute atomic E-state index is 0.0896. The first-order valence-electron chi connectivity index (χ1n) is 8.75. The lowest BCUT2D eigenvalue weighted by molar-refractivity contribution is -0.133. The van der Waals surface area contributed by atoms with Gasteiger partial charge in [-0.25, -0.2) is 4.79 Å². The van der Waals surface area contributed by atoms with Gasteiger partial charge < -0.3 is 20.1 Å². The molecule has 1 saturated heterocycles. The highest BCUT2D eigenvalue weighted by molar-refractivity contribution is 6.10. The van der Waals surface area contributed by atoms with Crippen molar-refractivity contribution >= 4 is 23.5 Å². The van der Waals surface area contributed by atoms with Crippen molar-refractivity contribution in [2.45, 2.75) is 12.5 Å². The summed E-state index contributed by atoms with van der Waals surface area (Å²) in [5.41, 5.74) is -0.241. The number of imide groups is 1. The average molecular weight is 392 g/mol. The lowest BCUT2D eigenvalue weighted by Crippen LogP contribution is -2.42. The summed E-state index contributed by atoms with van der Waals surface area (Å²) >= 11 is 0. The van der Waals surface area contributed by atoms with E-state index in [1.54, 1.807) is 49.4 Å². The molecule has 0 radical (unpaired) electrons. The van der Waals surface area contributed by atoms with Gasteiger partial charge in [-0.1, -0.05) is 18.2 Å². The minimum Gasteiger partial charge on any atom is -0.454 e. The van der Waals surface area contributed by atoms with E-state index in [9.17, 15) is 14.4 Å². The Morgan fingerprint density at radius 3 is 2.79 bits per heavy atom. The molecule has 1 fully saturated rings. The van der Waals surface area contributed by atoms with Gasteiger partial charge in [-0.15, -0.1) is 0 Å². The van der Waals surface area contributed by atoms with Gasteiger partial charge in [0.25, 0.3) is 5.91 Å². The number of nitrogens with one attached hydrogen (secondary N) is 2. The number of urea groups is 1. The number of hydrogen-bond acceptors (Lipinski definition) is 6. The lowest BCUT2D eigenvalue weighted by Gasteiger charge is -2.22. The number of anilines is 1. The van der Waals surface area contributed by atoms with Crippen LogP contribution in [0.1, 0.15) is 18.1 Å². The molecule has 0 unspecified atom stereocenters. The fraction of sp³-hybridized carbons (Fsp3) is 0.200. The van der Waals surface area contributed by atoms with Gasteiger partial charge in [-0.05, 0) is 36.8 Å². The maximum absolute atomic E-state index is 13.0. The van der Waals surface area contributed by atoms with Crippen LogP contribution in [-0.2, 0) is 15.1 Å². The van der Waals surface area contributed by atoms with Crippen LogP contribution < -0.4 is 20.1 Å². The highest BCUT2D eigenvalue weighted by Gasteiger charge is 2.49. The first kappa shape index (κ1) is 18.3. The van der Waals surface area contributed by atoms with Crippen molar-refractivity contribution in [1.82, 2.24) is 10.2 Å². The fourth-order valence-corrected chi connectivity index (χ4v) is 3.27. The third kappa shape index (κ3) is 3.10. The summed E-state index contributed by atoms with van der Waals surface area (Å²) in [6, 6.07) is 12.7. The Morgan fingerprint density at radius 2 is 2.00 bits per heavy atom. The molecule has 2 heterocycles. The molecule has 0 aromatic heterocycles. The summed E-state index contributed by atoms with van der Waals surface area (Å²) in [4.78, 5) is 38.7. The molecule has 1 atom stereocenters. The Bertz CT molecular complexity index is 1080. The van der Waals surface area contributed by atoms with E-state index in [4.69, 9.17) is 14.7 Å². The second-order valence-electron chi connectivity index (χ2n) is 6.72. The van der Waals surface area contributed by atoms with Gasteiger partial charge in [-0.3, -0.25) is 14.5 Å². The summed E-state index contributed by atoms with van der Waals surface area (Å²) < 4.78 is 10.6. The topological polar surface area (TPSA) is 121 Å². The van der Waals surface area contributed by atoms with Crippen LogP contribution in [0.5, 0.6) is 11.5 Å². The molecule has 0 saturated carbocycles. The summed E-state index contributed by atoms with van der Waals surface area (Å²) in [7, 11) is 0. The number of rotatable bonds is 4. The molecule has 2 N–H and O–H groups in total. The molecule has 2 aromatic rings. The Kier molecular flexibility index (Phi) is 4.31. The van der Waals surface area contributed by atoms with Gasteiger partial charge in [0, 0.05) is 0 Å². The maximum Gasteiger partial charge on any atom is 0.325 e. The smallest absolute Gasteiger partial charge is 0.325 e. The van der Waals surface area contributed by atoms with E-state index in [0.29, 0.717) is 22.7 Å². The van der Waals surface area contributed by atoms with Crippen LogP contribution in [0, 0.1) is 11.3 Å². The zero-order chi connectivity index (χ0) is 20.6. The number of para-hydroxylation sites is 1. The van der Waals surface area contributed by atoms with Crippen LogP contribution in [0.2, 0.25) is 0 Å². The van der Waals surface area contributed by atoms with Crippen LogP contribution in [0.25, 0.3) is 0 Å². The van der Waals surface area contributed by atoms with E-state index in [1.807, 2.05) is 6.07 Å². The largest absolute Gasteiger partial charge is 0.454 e. The molecule has 146 valence electrons. The number of amides is 4. The number of carbonyl (C=O) groups is 3. The molecule has 4 amide bonds. The normalized spacial score (nSPS) is 19.7. The van der Waals surface area contributed by atoms with Gasteiger partial charge in [0.05, 0.1) is 11.3 Å². The average Bonchev–Trinajstić information content (AvgIpc) is 3.27. The van der Waals surface area contributed by atoms with Crippen LogP contribution in [0.3, 0.4) is 0 Å². The molecule has 29 heavy (non-hydrogen) atoms. The van der Waals surface area contributed by atoms with Crippen molar-refractivity contribution in [3.8, 4) is 17.6 Å². The third-order valence-electron chi connectivity index (χ3n) is 4.85. The van der Waals surface area contributed by atoms with E-state index in [0.717, 1.165) is 4.90 Å². The predicted octanol–water partition coefficient (Wildman–Crippen LogP) is 1.69. The van der Waals surface area contributed by atoms with E-state index >= 15 is 0 Å². The van der Waals surface area contributed by atoms with Gasteiger partial charge in [-0.2, -0.15) is 5.26 Å². The van der Waals surface area contributed by atoms with Crippen LogP contribution in [-0.4, -0.2) is 36.1 Å². The van der Waals surface area contributed by atoms with E-state index in [1.165, 1.54) is 0 Å². The Hall–Kier alpha value is -4.06. The number of carbonyl (C=O) groups excluding carboxylic acids is 3. The molecule has 2 aliphatic heterocycles. The summed E-state index contributed by atoms with van der Waals surface area (Å²) in [6.07, 6.45) is 0. The molecule has 9 heteroatoms. The molecular weight excluding hydrogens is 376 g/mol. The lowest BCUT2D eigenvalue weighted by atomic mass is 9.91. The second kappa shape index (κ2) is 6.83. The number of fused-ring (bicyclic) bond motifs is 1. The standard InChI is InChI=1S/C20H16N4O5/c1-20(13-6-7-15-16(8-13)29-11-28-15)18(26)24(19(27)23-20)10-17(25)22-14-5-3-2-4-12(14)9-21/h2-8H,10-11H2,1H3,(H,22,25)(H,23,27)/t20-/m1/s1.